The molecule has 172 valence electrons. The second kappa shape index (κ2) is 11.5. The predicted octanol–water partition coefficient (Wildman–Crippen LogP) is 3.75. The predicted molar refractivity (Wildman–Crippen MR) is 117 cm³/mol. The van der Waals surface area contributed by atoms with Crippen molar-refractivity contribution in [2.75, 3.05) is 13.7 Å². The lowest BCUT2D eigenvalue weighted by molar-refractivity contribution is -0.144. The summed E-state index contributed by atoms with van der Waals surface area (Å²) in [4.78, 5) is 28.6. The fraction of sp³-hybridized carbons (Fsp3) is 0.708. The summed E-state index contributed by atoms with van der Waals surface area (Å²) in [6, 6.07) is 3.70. The maximum atomic E-state index is 11.9. The number of nitrogens with zero attached hydrogens (tertiary/aromatic N) is 1. The number of alkyl carbamates (subject to hydrolysis) is 1. The molecule has 2 aliphatic carbocycles. The Morgan fingerprint density at radius 1 is 1.19 bits per heavy atom. The van der Waals surface area contributed by atoms with Gasteiger partial charge in [-0.25, -0.2) is 9.59 Å². The average molecular weight is 433 g/mol. The Labute approximate surface area is 185 Å². The van der Waals surface area contributed by atoms with Gasteiger partial charge in [-0.1, -0.05) is 6.07 Å². The van der Waals surface area contributed by atoms with E-state index >= 15 is 0 Å². The van der Waals surface area contributed by atoms with Gasteiger partial charge in [-0.15, -0.1) is 0 Å². The molecule has 31 heavy (non-hydrogen) atoms. The molecule has 0 radical (unpaired) electrons. The number of pyridine rings is 1. The van der Waals surface area contributed by atoms with Crippen LogP contribution in [0.4, 0.5) is 4.79 Å². The Morgan fingerprint density at radius 2 is 1.97 bits per heavy atom. The first-order valence-electron chi connectivity index (χ1n) is 11.6. The second-order valence-corrected chi connectivity index (χ2v) is 8.95. The van der Waals surface area contributed by atoms with E-state index in [0.29, 0.717) is 18.9 Å². The maximum absolute atomic E-state index is 11.9. The van der Waals surface area contributed by atoms with Gasteiger partial charge in [-0.3, -0.25) is 4.98 Å². The fourth-order valence-electron chi connectivity index (χ4n) is 4.30. The second-order valence-electron chi connectivity index (χ2n) is 8.95. The van der Waals surface area contributed by atoms with Gasteiger partial charge >= 0.3 is 12.1 Å². The van der Waals surface area contributed by atoms with E-state index in [-0.39, 0.29) is 12.2 Å². The highest BCUT2D eigenvalue weighted by Gasteiger charge is 2.30. The van der Waals surface area contributed by atoms with Crippen LogP contribution in [0.15, 0.2) is 12.1 Å². The third kappa shape index (κ3) is 7.20. The molecule has 1 unspecified atom stereocenters. The Bertz CT molecular complexity index is 745. The van der Waals surface area contributed by atoms with Crippen molar-refractivity contribution >= 4 is 12.1 Å². The summed E-state index contributed by atoms with van der Waals surface area (Å²) in [6.45, 7) is 3.90. The van der Waals surface area contributed by atoms with E-state index < -0.39 is 18.1 Å². The topological polar surface area (TPSA) is 86.8 Å². The average Bonchev–Trinajstić information content (AvgIpc) is 2.72. The number of esters is 1. The molecule has 1 aromatic rings. The number of carbonyl (C=O) groups is 2. The number of aryl methyl sites for hydroxylation is 3. The van der Waals surface area contributed by atoms with E-state index in [1.165, 1.54) is 43.3 Å². The molecule has 1 fully saturated rings. The van der Waals surface area contributed by atoms with E-state index in [1.807, 2.05) is 0 Å². The molecule has 0 saturated heterocycles. The van der Waals surface area contributed by atoms with Gasteiger partial charge in [-0.05, 0) is 82.8 Å². The van der Waals surface area contributed by atoms with Gasteiger partial charge in [0.05, 0.1) is 19.3 Å². The molecule has 2 aliphatic rings. The number of methoxy groups -OCH3 is 1. The summed E-state index contributed by atoms with van der Waals surface area (Å²) in [7, 11) is 1.31. The number of aromatic nitrogens is 1. The largest absolute Gasteiger partial charge is 0.467 e. The van der Waals surface area contributed by atoms with Crippen LogP contribution in [0.1, 0.15) is 69.3 Å². The minimum atomic E-state index is -0.762. The van der Waals surface area contributed by atoms with Gasteiger partial charge in [0.25, 0.3) is 0 Å². The molecule has 7 nitrogen and oxygen atoms in total. The first kappa shape index (κ1) is 23.5. The zero-order valence-electron chi connectivity index (χ0n) is 19.0. The Morgan fingerprint density at radius 3 is 2.71 bits per heavy atom. The van der Waals surface area contributed by atoms with Gasteiger partial charge in [0.1, 0.15) is 6.04 Å². The van der Waals surface area contributed by atoms with Crippen LogP contribution >= 0.6 is 0 Å². The lowest BCUT2D eigenvalue weighted by Crippen LogP contribution is -2.43. The SMILES string of the molecule is COC(=O)C(CCOC1CC(CCc2ccc3c(n2)CCCC3)C1)NC(=O)OC(C)C. The number of ether oxygens (including phenoxy) is 3. The van der Waals surface area contributed by atoms with Crippen molar-refractivity contribution in [1.82, 2.24) is 10.3 Å². The van der Waals surface area contributed by atoms with E-state index in [0.717, 1.165) is 32.1 Å². The van der Waals surface area contributed by atoms with Gasteiger partial charge in [0.2, 0.25) is 0 Å². The highest BCUT2D eigenvalue weighted by molar-refractivity contribution is 5.81. The van der Waals surface area contributed by atoms with Crippen molar-refractivity contribution in [3.8, 4) is 0 Å². The van der Waals surface area contributed by atoms with Crippen LogP contribution in [0.3, 0.4) is 0 Å². The highest BCUT2D eigenvalue weighted by Crippen LogP contribution is 2.34. The summed E-state index contributed by atoms with van der Waals surface area (Å²) in [5.74, 6) is 0.173. The quantitative estimate of drug-likeness (QED) is 0.567. The Hall–Kier alpha value is -2.15. The van der Waals surface area contributed by atoms with E-state index in [4.69, 9.17) is 19.2 Å². The molecule has 0 aromatic carbocycles. The molecule has 0 spiro atoms. The minimum absolute atomic E-state index is 0.224. The molecule has 7 heteroatoms. The van der Waals surface area contributed by atoms with Crippen molar-refractivity contribution < 1.29 is 23.8 Å². The van der Waals surface area contributed by atoms with E-state index in [1.54, 1.807) is 13.8 Å². The Balaban J connectivity index is 1.33. The molecule has 3 rings (SSSR count). The lowest BCUT2D eigenvalue weighted by atomic mass is 9.79. The van der Waals surface area contributed by atoms with Crippen molar-refractivity contribution in [3.63, 3.8) is 0 Å². The summed E-state index contributed by atoms with van der Waals surface area (Å²) in [5.41, 5.74) is 3.96. The third-order valence-electron chi connectivity index (χ3n) is 6.12. The summed E-state index contributed by atoms with van der Waals surface area (Å²) >= 11 is 0. The van der Waals surface area contributed by atoms with Crippen molar-refractivity contribution in [3.05, 3.63) is 29.1 Å². The van der Waals surface area contributed by atoms with Gasteiger partial charge in [0, 0.05) is 24.4 Å². The number of rotatable bonds is 10. The number of amides is 1. The smallest absolute Gasteiger partial charge is 0.408 e. The highest BCUT2D eigenvalue weighted by atomic mass is 16.6. The normalized spacial score (nSPS) is 21.0. The van der Waals surface area contributed by atoms with Crippen LogP contribution in [0, 0.1) is 5.92 Å². The van der Waals surface area contributed by atoms with Crippen LogP contribution in [-0.4, -0.2) is 49.0 Å². The van der Waals surface area contributed by atoms with Crippen molar-refractivity contribution in [2.45, 2.75) is 89.9 Å². The molecular formula is C24H36N2O5. The van der Waals surface area contributed by atoms with E-state index in [2.05, 4.69) is 17.4 Å². The van der Waals surface area contributed by atoms with Crippen LogP contribution in [0.5, 0.6) is 0 Å². The maximum Gasteiger partial charge on any atom is 0.408 e. The van der Waals surface area contributed by atoms with Crippen molar-refractivity contribution in [1.29, 1.82) is 0 Å². The molecule has 1 amide bonds. The Kier molecular flexibility index (Phi) is 8.69. The molecular weight excluding hydrogens is 396 g/mol. The van der Waals surface area contributed by atoms with E-state index in [9.17, 15) is 9.59 Å². The molecule has 1 atom stereocenters. The van der Waals surface area contributed by atoms with Crippen LogP contribution in [0.25, 0.3) is 0 Å². The molecule has 0 bridgehead atoms. The lowest BCUT2D eigenvalue weighted by Gasteiger charge is -2.35. The van der Waals surface area contributed by atoms with Gasteiger partial charge in [0.15, 0.2) is 0 Å². The molecule has 1 N–H and O–H groups in total. The van der Waals surface area contributed by atoms with Gasteiger partial charge < -0.3 is 19.5 Å². The van der Waals surface area contributed by atoms with Crippen molar-refractivity contribution in [2.24, 2.45) is 5.92 Å². The molecule has 1 heterocycles. The zero-order chi connectivity index (χ0) is 22.2. The summed E-state index contributed by atoms with van der Waals surface area (Å²) < 4.78 is 15.7. The number of nitrogens with one attached hydrogen (secondary N) is 1. The molecule has 0 aliphatic heterocycles. The number of hydrogen-bond acceptors (Lipinski definition) is 6. The first-order valence-corrected chi connectivity index (χ1v) is 11.6. The summed E-state index contributed by atoms with van der Waals surface area (Å²) in [5, 5.41) is 2.55. The molecule has 1 aromatic heterocycles. The summed E-state index contributed by atoms with van der Waals surface area (Å²) in [6.07, 6.45) is 8.80. The number of hydrogen-bond donors (Lipinski definition) is 1. The molecule has 1 saturated carbocycles. The van der Waals surface area contributed by atoms with Crippen LogP contribution < -0.4 is 5.32 Å². The zero-order valence-corrected chi connectivity index (χ0v) is 19.0. The number of carbonyl (C=O) groups excluding carboxylic acids is 2. The third-order valence-corrected chi connectivity index (χ3v) is 6.12. The first-order chi connectivity index (χ1) is 14.9. The van der Waals surface area contributed by atoms with Crippen LogP contribution in [-0.2, 0) is 38.3 Å². The number of fused-ring (bicyclic) bond motifs is 1. The minimum Gasteiger partial charge on any atom is -0.467 e. The van der Waals surface area contributed by atoms with Gasteiger partial charge in [-0.2, -0.15) is 0 Å². The fourth-order valence-corrected chi connectivity index (χ4v) is 4.30. The monoisotopic (exact) mass is 432 g/mol. The standard InChI is InChI=1S/C24H36N2O5/c1-16(2)31-24(28)26-22(23(27)29-3)12-13-30-20-14-17(15-20)8-10-19-11-9-18-6-4-5-7-21(18)25-19/h9,11,16-17,20,22H,4-8,10,12-15H2,1-3H3,(H,26,28). The van der Waals surface area contributed by atoms with Crippen LogP contribution in [0.2, 0.25) is 0 Å².